The Bertz CT molecular complexity index is 641. The number of rotatable bonds is 4. The fraction of sp³-hybridized carbons (Fsp3) is 0.375. The summed E-state index contributed by atoms with van der Waals surface area (Å²) in [4.78, 5) is 3.90. The summed E-state index contributed by atoms with van der Waals surface area (Å²) in [5.74, 6) is 0.555. The number of hydrogen-bond donors (Lipinski definition) is 0. The second kappa shape index (κ2) is 8.17. The third kappa shape index (κ3) is 4.30. The first-order valence-corrected chi connectivity index (χ1v) is 6.91. The Labute approximate surface area is 142 Å². The molecule has 5 heteroatoms. The van der Waals surface area contributed by atoms with E-state index in [9.17, 15) is 5.11 Å². The molecule has 0 aliphatic rings. The lowest BCUT2D eigenvalue weighted by atomic mass is 10.2. The van der Waals surface area contributed by atoms with Gasteiger partial charge in [-0.3, -0.25) is 4.99 Å². The Morgan fingerprint density at radius 3 is 2.76 bits per heavy atom. The number of unbranched alkanes of at least 4 members (excludes halogenated alkanes) is 1. The highest BCUT2D eigenvalue weighted by molar-refractivity contribution is 14.0. The quantitative estimate of drug-likeness (QED) is 0.260. The van der Waals surface area contributed by atoms with Gasteiger partial charge in [0.15, 0.2) is 5.69 Å². The highest BCUT2D eigenvalue weighted by Gasteiger charge is 2.11. The van der Waals surface area contributed by atoms with Crippen LogP contribution < -0.4 is 14.4 Å². The molecule has 0 atom stereocenters. The summed E-state index contributed by atoms with van der Waals surface area (Å²) in [6.45, 7) is 4.60. The zero-order chi connectivity index (χ0) is 14.5. The first-order chi connectivity index (χ1) is 9.63. The summed E-state index contributed by atoms with van der Waals surface area (Å²) in [5.41, 5.74) is 2.01. The van der Waals surface area contributed by atoms with Gasteiger partial charge in [-0.25, -0.2) is 0 Å². The predicted octanol–water partition coefficient (Wildman–Crippen LogP) is 2.49. The van der Waals surface area contributed by atoms with Crippen LogP contribution in [0.15, 0.2) is 35.3 Å². The Balaban J connectivity index is 0.00000220. The SMILES string of the molecule is CCCCN=C([O-])Oc1cccc2ccc(C)[n+](C)c12.I. The molecule has 1 aromatic heterocycles. The van der Waals surface area contributed by atoms with E-state index in [1.807, 2.05) is 42.8 Å². The lowest BCUT2D eigenvalue weighted by molar-refractivity contribution is -0.651. The van der Waals surface area contributed by atoms with Gasteiger partial charge in [0, 0.05) is 24.9 Å². The van der Waals surface area contributed by atoms with Crippen LogP contribution in [0, 0.1) is 6.92 Å². The molecule has 0 amide bonds. The molecule has 114 valence electrons. The van der Waals surface area contributed by atoms with Gasteiger partial charge in [0.05, 0.1) is 5.75 Å². The lowest BCUT2D eigenvalue weighted by Crippen LogP contribution is -2.34. The third-order valence-electron chi connectivity index (χ3n) is 3.35. The molecule has 0 N–H and O–H groups in total. The van der Waals surface area contributed by atoms with Crippen LogP contribution in [0.4, 0.5) is 0 Å². The molecule has 0 fully saturated rings. The number of pyridine rings is 1. The minimum Gasteiger partial charge on any atom is -0.560 e. The van der Waals surface area contributed by atoms with E-state index in [4.69, 9.17) is 4.74 Å². The van der Waals surface area contributed by atoms with Gasteiger partial charge >= 0.3 is 0 Å². The van der Waals surface area contributed by atoms with E-state index < -0.39 is 6.08 Å². The molecule has 0 radical (unpaired) electrons. The molecule has 0 bridgehead atoms. The maximum absolute atomic E-state index is 11.7. The number of aliphatic imine (C=N–C) groups is 1. The fourth-order valence-electron chi connectivity index (χ4n) is 2.07. The van der Waals surface area contributed by atoms with Crippen molar-refractivity contribution in [2.75, 3.05) is 6.54 Å². The van der Waals surface area contributed by atoms with Crippen LogP contribution in [0.5, 0.6) is 5.75 Å². The van der Waals surface area contributed by atoms with Gasteiger partial charge in [0.25, 0.3) is 0 Å². The summed E-state index contributed by atoms with van der Waals surface area (Å²) in [6.07, 6.45) is 1.39. The van der Waals surface area contributed by atoms with Crippen molar-refractivity contribution in [3.05, 3.63) is 36.0 Å². The first kappa shape index (κ1) is 17.7. The summed E-state index contributed by atoms with van der Waals surface area (Å²) < 4.78 is 7.40. The van der Waals surface area contributed by atoms with Crippen molar-refractivity contribution < 1.29 is 14.4 Å². The van der Waals surface area contributed by atoms with Gasteiger partial charge in [0.1, 0.15) is 13.1 Å². The Kier molecular flexibility index (Phi) is 6.87. The summed E-state index contributed by atoms with van der Waals surface area (Å²) in [6, 6.07) is 9.75. The summed E-state index contributed by atoms with van der Waals surface area (Å²) in [5, 5.41) is 12.8. The molecule has 0 spiro atoms. The van der Waals surface area contributed by atoms with Crippen LogP contribution in [0.1, 0.15) is 25.5 Å². The number of para-hydroxylation sites is 1. The number of nitrogens with zero attached hydrogens (tertiary/aromatic N) is 2. The molecule has 2 rings (SSSR count). The minimum atomic E-state index is -0.521. The van der Waals surface area contributed by atoms with Crippen molar-refractivity contribution >= 4 is 41.0 Å². The molecule has 21 heavy (non-hydrogen) atoms. The van der Waals surface area contributed by atoms with Gasteiger partial charge in [-0.1, -0.05) is 19.4 Å². The van der Waals surface area contributed by atoms with Gasteiger partial charge in [-0.2, -0.15) is 4.57 Å². The van der Waals surface area contributed by atoms with Crippen LogP contribution in [0.25, 0.3) is 10.9 Å². The van der Waals surface area contributed by atoms with Gasteiger partial charge in [0.2, 0.25) is 5.52 Å². The zero-order valence-electron chi connectivity index (χ0n) is 12.6. The normalized spacial score (nSPS) is 11.3. The average Bonchev–Trinajstić information content (AvgIpc) is 2.43. The number of halogens is 1. The van der Waals surface area contributed by atoms with Gasteiger partial charge in [-0.05, 0) is 24.6 Å². The van der Waals surface area contributed by atoms with Gasteiger partial charge < -0.3 is 9.84 Å². The Hall–Kier alpha value is -1.37. The van der Waals surface area contributed by atoms with Crippen molar-refractivity contribution in [2.45, 2.75) is 26.7 Å². The highest BCUT2D eigenvalue weighted by atomic mass is 127. The van der Waals surface area contributed by atoms with Crippen molar-refractivity contribution in [3.8, 4) is 5.75 Å². The van der Waals surface area contributed by atoms with Crippen molar-refractivity contribution in [2.24, 2.45) is 12.0 Å². The molecule has 1 heterocycles. The van der Waals surface area contributed by atoms with E-state index in [0.29, 0.717) is 12.3 Å². The maximum atomic E-state index is 11.7. The molecule has 0 unspecified atom stereocenters. The van der Waals surface area contributed by atoms with Crippen LogP contribution in [-0.4, -0.2) is 12.6 Å². The van der Waals surface area contributed by atoms with E-state index in [-0.39, 0.29) is 24.0 Å². The Morgan fingerprint density at radius 1 is 1.29 bits per heavy atom. The number of aryl methyl sites for hydroxylation is 2. The van der Waals surface area contributed by atoms with Crippen molar-refractivity contribution in [1.29, 1.82) is 0 Å². The second-order valence-electron chi connectivity index (χ2n) is 4.83. The summed E-state index contributed by atoms with van der Waals surface area (Å²) >= 11 is 0. The molecular formula is C16H21IN2O2. The molecular weight excluding hydrogens is 379 g/mol. The topological polar surface area (TPSA) is 48.5 Å². The van der Waals surface area contributed by atoms with Gasteiger partial charge in [-0.15, -0.1) is 24.0 Å². The van der Waals surface area contributed by atoms with Crippen LogP contribution in [0.2, 0.25) is 0 Å². The number of ether oxygens (including phenoxy) is 1. The number of hydrogen-bond acceptors (Lipinski definition) is 3. The van der Waals surface area contributed by atoms with Crippen molar-refractivity contribution in [3.63, 3.8) is 0 Å². The van der Waals surface area contributed by atoms with Crippen LogP contribution in [-0.2, 0) is 7.05 Å². The molecule has 0 saturated carbocycles. The molecule has 1 aromatic carbocycles. The lowest BCUT2D eigenvalue weighted by Gasteiger charge is -2.15. The average molecular weight is 400 g/mol. The Morgan fingerprint density at radius 2 is 2.05 bits per heavy atom. The monoisotopic (exact) mass is 400 g/mol. The number of fused-ring (bicyclic) bond motifs is 1. The molecule has 0 aliphatic heterocycles. The first-order valence-electron chi connectivity index (χ1n) is 6.91. The highest BCUT2D eigenvalue weighted by Crippen LogP contribution is 2.22. The predicted molar refractivity (Wildman–Crippen MR) is 93.1 cm³/mol. The van der Waals surface area contributed by atoms with E-state index in [0.717, 1.165) is 29.4 Å². The smallest absolute Gasteiger partial charge is 0.226 e. The van der Waals surface area contributed by atoms with E-state index in [1.165, 1.54) is 0 Å². The van der Waals surface area contributed by atoms with Crippen LogP contribution >= 0.6 is 24.0 Å². The second-order valence-corrected chi connectivity index (χ2v) is 4.83. The molecule has 0 aliphatic carbocycles. The number of aromatic nitrogens is 1. The third-order valence-corrected chi connectivity index (χ3v) is 3.35. The van der Waals surface area contributed by atoms with Crippen molar-refractivity contribution in [1.82, 2.24) is 0 Å². The van der Waals surface area contributed by atoms with E-state index in [2.05, 4.69) is 11.9 Å². The van der Waals surface area contributed by atoms with Crippen LogP contribution in [0.3, 0.4) is 0 Å². The minimum absolute atomic E-state index is 0. The standard InChI is InChI=1S/C16H20N2O2.HI/c1-4-5-11-17-16(19)20-14-8-6-7-13-10-9-12(2)18(3)15(13)14;/h6-10H,4-5,11H2,1-3H3;1H. The van der Waals surface area contributed by atoms with E-state index >= 15 is 0 Å². The number of benzene rings is 1. The van der Waals surface area contributed by atoms with E-state index in [1.54, 1.807) is 6.07 Å². The maximum Gasteiger partial charge on any atom is 0.226 e. The zero-order valence-corrected chi connectivity index (χ0v) is 15.0. The fourth-order valence-corrected chi connectivity index (χ4v) is 2.07. The molecule has 2 aromatic rings. The molecule has 4 nitrogen and oxygen atoms in total. The largest absolute Gasteiger partial charge is 0.560 e. The molecule has 0 saturated heterocycles. The summed E-state index contributed by atoms with van der Waals surface area (Å²) in [7, 11) is 1.96.